The standard InChI is InChI=1S/C8H9N3S/c1-7(2-3-9)12-8-6-10-4-5-11-8/h4-7H,2H2,1H3. The molecule has 0 aliphatic carbocycles. The first kappa shape index (κ1) is 9.01. The van der Waals surface area contributed by atoms with Crippen molar-refractivity contribution in [1.29, 1.82) is 5.26 Å². The maximum Gasteiger partial charge on any atom is 0.115 e. The Labute approximate surface area is 75.8 Å². The van der Waals surface area contributed by atoms with Crippen LogP contribution in [0.25, 0.3) is 0 Å². The lowest BCUT2D eigenvalue weighted by Gasteiger charge is -2.03. The molecular weight excluding hydrogens is 170 g/mol. The van der Waals surface area contributed by atoms with Crippen LogP contribution in [0.3, 0.4) is 0 Å². The van der Waals surface area contributed by atoms with Gasteiger partial charge in [0.15, 0.2) is 0 Å². The fourth-order valence-corrected chi connectivity index (χ4v) is 1.54. The van der Waals surface area contributed by atoms with Crippen LogP contribution in [0.5, 0.6) is 0 Å². The third-order valence-electron chi connectivity index (χ3n) is 1.24. The first-order valence-corrected chi connectivity index (χ1v) is 4.50. The van der Waals surface area contributed by atoms with Gasteiger partial charge in [0.25, 0.3) is 0 Å². The number of rotatable bonds is 3. The summed E-state index contributed by atoms with van der Waals surface area (Å²) >= 11 is 1.57. The maximum atomic E-state index is 8.42. The number of nitrogens with zero attached hydrogens (tertiary/aromatic N) is 3. The molecule has 1 aromatic heterocycles. The summed E-state index contributed by atoms with van der Waals surface area (Å²) in [7, 11) is 0. The molecule has 0 aliphatic heterocycles. The van der Waals surface area contributed by atoms with Crippen molar-refractivity contribution in [3.05, 3.63) is 18.6 Å². The second kappa shape index (κ2) is 4.73. The van der Waals surface area contributed by atoms with Gasteiger partial charge < -0.3 is 0 Å². The van der Waals surface area contributed by atoms with Gasteiger partial charge in [0.05, 0.1) is 12.3 Å². The highest BCUT2D eigenvalue weighted by atomic mass is 32.2. The second-order valence-corrected chi connectivity index (χ2v) is 3.79. The molecule has 1 atom stereocenters. The fourth-order valence-electron chi connectivity index (χ4n) is 0.723. The van der Waals surface area contributed by atoms with Crippen LogP contribution in [0.1, 0.15) is 13.3 Å². The van der Waals surface area contributed by atoms with Crippen molar-refractivity contribution in [2.45, 2.75) is 23.6 Å². The predicted octanol–water partition coefficient (Wildman–Crippen LogP) is 1.87. The lowest BCUT2D eigenvalue weighted by atomic mass is 10.4. The molecule has 0 saturated heterocycles. The minimum Gasteiger partial charge on any atom is -0.260 e. The normalized spacial score (nSPS) is 12.0. The van der Waals surface area contributed by atoms with E-state index < -0.39 is 0 Å². The summed E-state index contributed by atoms with van der Waals surface area (Å²) in [5.74, 6) is 0. The molecule has 1 rings (SSSR count). The molecule has 0 amide bonds. The van der Waals surface area contributed by atoms with Gasteiger partial charge in [-0.25, -0.2) is 4.98 Å². The molecule has 0 bridgehead atoms. The molecule has 0 aromatic carbocycles. The zero-order valence-electron chi connectivity index (χ0n) is 6.77. The van der Waals surface area contributed by atoms with E-state index in [0.29, 0.717) is 6.42 Å². The minimum absolute atomic E-state index is 0.284. The van der Waals surface area contributed by atoms with Crippen LogP contribution in [0.2, 0.25) is 0 Å². The van der Waals surface area contributed by atoms with Gasteiger partial charge in [0.1, 0.15) is 5.03 Å². The summed E-state index contributed by atoms with van der Waals surface area (Å²) in [6.45, 7) is 2.00. The van der Waals surface area contributed by atoms with Gasteiger partial charge in [0, 0.05) is 24.1 Å². The Hall–Kier alpha value is -1.08. The van der Waals surface area contributed by atoms with Gasteiger partial charge in [-0.1, -0.05) is 6.92 Å². The van der Waals surface area contributed by atoms with Crippen LogP contribution in [0.4, 0.5) is 0 Å². The quantitative estimate of drug-likeness (QED) is 0.665. The van der Waals surface area contributed by atoms with Crippen LogP contribution < -0.4 is 0 Å². The van der Waals surface area contributed by atoms with Gasteiger partial charge in [-0.15, -0.1) is 11.8 Å². The molecular formula is C8H9N3S. The number of hydrogen-bond acceptors (Lipinski definition) is 4. The second-order valence-electron chi connectivity index (χ2n) is 2.33. The van der Waals surface area contributed by atoms with Crippen LogP contribution >= 0.6 is 11.8 Å². The van der Waals surface area contributed by atoms with Gasteiger partial charge >= 0.3 is 0 Å². The minimum atomic E-state index is 0.284. The Morgan fingerprint density at radius 1 is 1.67 bits per heavy atom. The molecule has 0 fully saturated rings. The first-order chi connectivity index (χ1) is 5.83. The summed E-state index contributed by atoms with van der Waals surface area (Å²) < 4.78 is 0. The van der Waals surface area contributed by atoms with E-state index in [4.69, 9.17) is 5.26 Å². The van der Waals surface area contributed by atoms with E-state index >= 15 is 0 Å². The average molecular weight is 179 g/mol. The van der Waals surface area contributed by atoms with E-state index in [9.17, 15) is 0 Å². The van der Waals surface area contributed by atoms with Gasteiger partial charge in [0.2, 0.25) is 0 Å². The van der Waals surface area contributed by atoms with Gasteiger partial charge in [-0.05, 0) is 0 Å². The number of hydrogen-bond donors (Lipinski definition) is 0. The van der Waals surface area contributed by atoms with Crippen molar-refractivity contribution in [2.24, 2.45) is 0 Å². The smallest absolute Gasteiger partial charge is 0.115 e. The number of aromatic nitrogens is 2. The summed E-state index contributed by atoms with van der Waals surface area (Å²) in [5.41, 5.74) is 0. The maximum absolute atomic E-state index is 8.42. The van der Waals surface area contributed by atoms with Crippen LogP contribution in [0, 0.1) is 11.3 Å². The molecule has 0 radical (unpaired) electrons. The van der Waals surface area contributed by atoms with Crippen molar-refractivity contribution in [3.63, 3.8) is 0 Å². The molecule has 0 N–H and O–H groups in total. The molecule has 0 spiro atoms. The molecule has 3 nitrogen and oxygen atoms in total. The molecule has 62 valence electrons. The van der Waals surface area contributed by atoms with Crippen molar-refractivity contribution < 1.29 is 0 Å². The van der Waals surface area contributed by atoms with E-state index in [2.05, 4.69) is 16.0 Å². The Kier molecular flexibility index (Phi) is 3.55. The average Bonchev–Trinajstić information content (AvgIpc) is 2.06. The molecule has 12 heavy (non-hydrogen) atoms. The lowest BCUT2D eigenvalue weighted by molar-refractivity contribution is 0.971. The Balaban J connectivity index is 2.48. The third kappa shape index (κ3) is 2.89. The monoisotopic (exact) mass is 179 g/mol. The Morgan fingerprint density at radius 3 is 3.08 bits per heavy atom. The number of nitriles is 1. The number of thioether (sulfide) groups is 1. The molecule has 0 saturated carbocycles. The molecule has 0 aliphatic rings. The highest BCUT2D eigenvalue weighted by Gasteiger charge is 2.03. The summed E-state index contributed by atoms with van der Waals surface area (Å²) in [5, 5.41) is 9.57. The first-order valence-electron chi connectivity index (χ1n) is 3.62. The van der Waals surface area contributed by atoms with Crippen molar-refractivity contribution in [3.8, 4) is 6.07 Å². The van der Waals surface area contributed by atoms with E-state index in [1.165, 1.54) is 0 Å². The highest BCUT2D eigenvalue weighted by molar-refractivity contribution is 7.99. The Morgan fingerprint density at radius 2 is 2.50 bits per heavy atom. The van der Waals surface area contributed by atoms with Gasteiger partial charge in [-0.2, -0.15) is 5.26 Å². The third-order valence-corrected chi connectivity index (χ3v) is 2.26. The van der Waals surface area contributed by atoms with E-state index in [0.717, 1.165) is 5.03 Å². The lowest BCUT2D eigenvalue weighted by Crippen LogP contribution is -1.94. The zero-order valence-corrected chi connectivity index (χ0v) is 7.58. The largest absolute Gasteiger partial charge is 0.260 e. The van der Waals surface area contributed by atoms with Crippen molar-refractivity contribution in [2.75, 3.05) is 0 Å². The molecule has 1 aromatic rings. The molecule has 1 unspecified atom stereocenters. The van der Waals surface area contributed by atoms with Crippen molar-refractivity contribution in [1.82, 2.24) is 9.97 Å². The van der Waals surface area contributed by atoms with Crippen LogP contribution in [-0.2, 0) is 0 Å². The molecule has 1 heterocycles. The summed E-state index contributed by atoms with van der Waals surface area (Å²) in [6.07, 6.45) is 5.54. The van der Waals surface area contributed by atoms with Crippen LogP contribution in [-0.4, -0.2) is 15.2 Å². The Bertz CT molecular complexity index is 267. The topological polar surface area (TPSA) is 49.6 Å². The van der Waals surface area contributed by atoms with E-state index in [1.54, 1.807) is 30.4 Å². The summed E-state index contributed by atoms with van der Waals surface area (Å²) in [6, 6.07) is 2.12. The van der Waals surface area contributed by atoms with E-state index in [1.807, 2.05) is 6.92 Å². The summed E-state index contributed by atoms with van der Waals surface area (Å²) in [4.78, 5) is 8.02. The fraction of sp³-hybridized carbons (Fsp3) is 0.375. The SMILES string of the molecule is CC(CC#N)Sc1cnccn1. The predicted molar refractivity (Wildman–Crippen MR) is 47.6 cm³/mol. The van der Waals surface area contributed by atoms with Crippen LogP contribution in [0.15, 0.2) is 23.6 Å². The highest BCUT2D eigenvalue weighted by Crippen LogP contribution is 2.21. The zero-order chi connectivity index (χ0) is 8.81. The van der Waals surface area contributed by atoms with E-state index in [-0.39, 0.29) is 5.25 Å². The van der Waals surface area contributed by atoms with Crippen molar-refractivity contribution >= 4 is 11.8 Å². The van der Waals surface area contributed by atoms with Gasteiger partial charge in [-0.3, -0.25) is 4.98 Å². The molecule has 4 heteroatoms.